The summed E-state index contributed by atoms with van der Waals surface area (Å²) in [7, 11) is -3.03. The maximum Gasteiger partial charge on any atom is 0.261 e. The van der Waals surface area contributed by atoms with Crippen LogP contribution in [-0.2, 0) is 14.6 Å². The van der Waals surface area contributed by atoms with Gasteiger partial charge in [0.15, 0.2) is 16.4 Å². The molecule has 2 aromatic rings. The third-order valence-corrected chi connectivity index (χ3v) is 7.14. The van der Waals surface area contributed by atoms with Gasteiger partial charge in [0, 0.05) is 12.1 Å². The summed E-state index contributed by atoms with van der Waals surface area (Å²) in [4.78, 5) is 14.5. The first-order valence-corrected chi connectivity index (χ1v) is 11.5. The molecule has 1 saturated heterocycles. The van der Waals surface area contributed by atoms with E-state index in [9.17, 15) is 13.2 Å². The van der Waals surface area contributed by atoms with Crippen LogP contribution in [-0.4, -0.2) is 49.4 Å². The van der Waals surface area contributed by atoms with E-state index in [0.29, 0.717) is 17.7 Å². The Morgan fingerprint density at radius 1 is 1.00 bits per heavy atom. The van der Waals surface area contributed by atoms with Crippen LogP contribution in [0.1, 0.15) is 24.8 Å². The van der Waals surface area contributed by atoms with Crippen molar-refractivity contribution in [3.8, 4) is 22.9 Å². The minimum absolute atomic E-state index is 0.0640. The van der Waals surface area contributed by atoms with Gasteiger partial charge in [0.25, 0.3) is 5.91 Å². The second-order valence-corrected chi connectivity index (χ2v) is 9.82. The topological polar surface area (TPSA) is 87.5 Å². The average molecular weight is 410 g/mol. The van der Waals surface area contributed by atoms with E-state index in [4.69, 9.17) is 10.00 Å². The third kappa shape index (κ3) is 4.60. The maximum atomic E-state index is 12.7. The van der Waals surface area contributed by atoms with Gasteiger partial charge in [0.1, 0.15) is 5.75 Å². The first-order valence-electron chi connectivity index (χ1n) is 9.70. The van der Waals surface area contributed by atoms with Gasteiger partial charge >= 0.3 is 0 Å². The monoisotopic (exact) mass is 410 g/mol. The molecule has 1 aliphatic heterocycles. The number of amides is 1. The van der Waals surface area contributed by atoms with E-state index in [0.717, 1.165) is 24.0 Å². The second-order valence-electron chi connectivity index (χ2n) is 7.59. The Hall–Kier alpha value is -2.85. The Morgan fingerprint density at radius 3 is 2.14 bits per heavy atom. The second kappa shape index (κ2) is 7.88. The number of carbonyl (C=O) groups excluding carboxylic acids is 1. The molecule has 1 aliphatic carbocycles. The van der Waals surface area contributed by atoms with Crippen LogP contribution in [0.4, 0.5) is 0 Å². The first kappa shape index (κ1) is 19.5. The van der Waals surface area contributed by atoms with E-state index < -0.39 is 9.84 Å². The molecule has 7 heteroatoms. The summed E-state index contributed by atoms with van der Waals surface area (Å²) in [5.41, 5.74) is 2.60. The minimum Gasteiger partial charge on any atom is -0.484 e. The average Bonchev–Trinajstić information content (AvgIpc) is 3.49. The fourth-order valence-corrected chi connectivity index (χ4v) is 5.46. The number of nitrogens with zero attached hydrogens (tertiary/aromatic N) is 2. The van der Waals surface area contributed by atoms with Crippen LogP contribution >= 0.6 is 0 Å². The summed E-state index contributed by atoms with van der Waals surface area (Å²) in [5, 5.41) is 8.88. The van der Waals surface area contributed by atoms with E-state index in [1.807, 2.05) is 36.4 Å². The molecule has 2 aromatic carbocycles. The molecule has 0 unspecified atom stereocenters. The summed E-state index contributed by atoms with van der Waals surface area (Å²) in [6, 6.07) is 16.8. The fraction of sp³-hybridized carbons (Fsp3) is 0.364. The van der Waals surface area contributed by atoms with E-state index in [1.54, 1.807) is 17.0 Å². The van der Waals surface area contributed by atoms with Crippen LogP contribution in [0.5, 0.6) is 5.75 Å². The standard InChI is InChI=1S/C22H22N2O4S/c23-13-16-1-3-17(4-2-16)18-5-9-21(10-6-18)28-14-22(25)24(19-7-8-19)20-11-12-29(26,27)15-20/h1-6,9-10,19-20H,7-8,11-12,14-15H2/t20-/m0/s1. The van der Waals surface area contributed by atoms with E-state index >= 15 is 0 Å². The van der Waals surface area contributed by atoms with Gasteiger partial charge in [-0.05, 0) is 54.7 Å². The summed E-state index contributed by atoms with van der Waals surface area (Å²) in [5.74, 6) is 0.664. The van der Waals surface area contributed by atoms with Gasteiger partial charge in [-0.3, -0.25) is 4.79 Å². The Labute approximate surface area is 170 Å². The molecular formula is C22H22N2O4S. The number of hydrogen-bond donors (Lipinski definition) is 0. The van der Waals surface area contributed by atoms with Crippen molar-refractivity contribution in [2.24, 2.45) is 0 Å². The molecule has 0 aromatic heterocycles. The highest BCUT2D eigenvalue weighted by atomic mass is 32.2. The molecule has 2 aliphatic rings. The van der Waals surface area contributed by atoms with E-state index in [-0.39, 0.29) is 36.1 Å². The van der Waals surface area contributed by atoms with Crippen molar-refractivity contribution < 1.29 is 17.9 Å². The molecule has 1 amide bonds. The van der Waals surface area contributed by atoms with Crippen molar-refractivity contribution in [3.63, 3.8) is 0 Å². The summed E-state index contributed by atoms with van der Waals surface area (Å²) in [6.07, 6.45) is 2.38. The van der Waals surface area contributed by atoms with Gasteiger partial charge in [-0.2, -0.15) is 5.26 Å². The number of ether oxygens (including phenoxy) is 1. The SMILES string of the molecule is N#Cc1ccc(-c2ccc(OCC(=O)N(C3CC3)[C@H]3CCS(=O)(=O)C3)cc2)cc1. The molecule has 0 bridgehead atoms. The number of benzene rings is 2. The van der Waals surface area contributed by atoms with E-state index in [2.05, 4.69) is 6.07 Å². The molecule has 1 heterocycles. The molecule has 4 rings (SSSR count). The Morgan fingerprint density at radius 2 is 1.62 bits per heavy atom. The van der Waals surface area contributed by atoms with Crippen molar-refractivity contribution in [3.05, 3.63) is 54.1 Å². The molecule has 1 atom stereocenters. The Kier molecular flexibility index (Phi) is 5.29. The zero-order valence-corrected chi connectivity index (χ0v) is 16.8. The number of nitriles is 1. The highest BCUT2D eigenvalue weighted by Crippen LogP contribution is 2.32. The molecule has 2 fully saturated rings. The number of sulfone groups is 1. The lowest BCUT2D eigenvalue weighted by atomic mass is 10.0. The summed E-state index contributed by atoms with van der Waals surface area (Å²) in [6.45, 7) is -0.0940. The summed E-state index contributed by atoms with van der Waals surface area (Å²) >= 11 is 0. The molecule has 0 radical (unpaired) electrons. The van der Waals surface area contributed by atoms with Gasteiger partial charge in [-0.1, -0.05) is 24.3 Å². The minimum atomic E-state index is -3.03. The van der Waals surface area contributed by atoms with Crippen molar-refractivity contribution >= 4 is 15.7 Å². The zero-order chi connectivity index (χ0) is 20.4. The Bertz CT molecular complexity index is 1040. The molecule has 150 valence electrons. The number of rotatable bonds is 6. The smallest absolute Gasteiger partial charge is 0.261 e. The maximum absolute atomic E-state index is 12.7. The van der Waals surface area contributed by atoms with E-state index in [1.165, 1.54) is 0 Å². The van der Waals surface area contributed by atoms with Crippen molar-refractivity contribution in [1.29, 1.82) is 5.26 Å². The predicted octanol–water partition coefficient (Wildman–Crippen LogP) is 2.78. The Balaban J connectivity index is 1.38. The lowest BCUT2D eigenvalue weighted by Crippen LogP contribution is -2.45. The third-order valence-electron chi connectivity index (χ3n) is 5.39. The number of carbonyl (C=O) groups is 1. The highest BCUT2D eigenvalue weighted by molar-refractivity contribution is 7.91. The first-order chi connectivity index (χ1) is 13.9. The van der Waals surface area contributed by atoms with Crippen molar-refractivity contribution in [2.45, 2.75) is 31.3 Å². The molecule has 0 spiro atoms. The molecule has 29 heavy (non-hydrogen) atoms. The van der Waals surface area contributed by atoms with Crippen LogP contribution in [0.15, 0.2) is 48.5 Å². The van der Waals surface area contributed by atoms with Crippen LogP contribution in [0.2, 0.25) is 0 Å². The molecule has 6 nitrogen and oxygen atoms in total. The molecule has 0 N–H and O–H groups in total. The largest absolute Gasteiger partial charge is 0.484 e. The van der Waals surface area contributed by atoms with Gasteiger partial charge in [0.2, 0.25) is 0 Å². The van der Waals surface area contributed by atoms with Crippen molar-refractivity contribution in [2.75, 3.05) is 18.1 Å². The zero-order valence-electron chi connectivity index (χ0n) is 16.0. The highest BCUT2D eigenvalue weighted by Gasteiger charge is 2.42. The molecule has 1 saturated carbocycles. The lowest BCUT2D eigenvalue weighted by Gasteiger charge is -2.28. The van der Waals surface area contributed by atoms with Gasteiger partial charge in [-0.25, -0.2) is 8.42 Å². The predicted molar refractivity (Wildman–Crippen MR) is 109 cm³/mol. The van der Waals surface area contributed by atoms with Crippen LogP contribution < -0.4 is 4.74 Å². The van der Waals surface area contributed by atoms with Crippen LogP contribution in [0, 0.1) is 11.3 Å². The van der Waals surface area contributed by atoms with Gasteiger partial charge < -0.3 is 9.64 Å². The van der Waals surface area contributed by atoms with Crippen molar-refractivity contribution in [1.82, 2.24) is 4.90 Å². The summed E-state index contributed by atoms with van der Waals surface area (Å²) < 4.78 is 29.3. The van der Waals surface area contributed by atoms with Gasteiger partial charge in [0.05, 0.1) is 23.1 Å². The number of hydrogen-bond acceptors (Lipinski definition) is 5. The van der Waals surface area contributed by atoms with Gasteiger partial charge in [-0.15, -0.1) is 0 Å². The fourth-order valence-electron chi connectivity index (χ4n) is 3.75. The van der Waals surface area contributed by atoms with Crippen LogP contribution in [0.25, 0.3) is 11.1 Å². The van der Waals surface area contributed by atoms with Crippen LogP contribution in [0.3, 0.4) is 0 Å². The molecular weight excluding hydrogens is 388 g/mol. The quantitative estimate of drug-likeness (QED) is 0.731. The lowest BCUT2D eigenvalue weighted by molar-refractivity contribution is -0.135. The normalized spacial score (nSPS) is 20.0.